The smallest absolute Gasteiger partial charge is 0.277 e. The van der Waals surface area contributed by atoms with E-state index in [0.717, 1.165) is 14.7 Å². The molecule has 1 rings (SSSR count). The molecule has 0 radical (unpaired) electrons. The molecule has 516 valence electrons. The van der Waals surface area contributed by atoms with Crippen LogP contribution in [0.25, 0.3) is 0 Å². The first-order chi connectivity index (χ1) is 41.5. The lowest BCUT2D eigenvalue weighted by molar-refractivity contribution is -0.221. The van der Waals surface area contributed by atoms with Gasteiger partial charge in [0, 0.05) is 55.3 Å². The zero-order chi connectivity index (χ0) is 69.9. The molecule has 1 saturated heterocycles. The second-order valence-corrected chi connectivity index (χ2v) is 27.2. The SMILES string of the molecule is C/C=C/C[C@@H](C)[C@@H](O)[C@H]1C(=O)N[C@@H](CC)C(=O)N(C)CC(=O)N(C)[C@@H](CC(C)C)C(=O)N[C@@H](C(C)C)C(=O)N(C)[C@@H](CC(C)C)C(=O)N[C@@H](C)C(=O)N[C@H](C)C(=O)N(C)[C@@H](CC(C)C)C(=O)N(C)[C@@H](CC(C)C)C(=O)N(C)[C@](OC(N)CC)(C(C)C)C(=O)N1C. The van der Waals surface area contributed by atoms with E-state index >= 15 is 19.2 Å². The van der Waals surface area contributed by atoms with Crippen LogP contribution in [-0.2, 0) is 57.5 Å². The monoisotopic (exact) mass is 1270 g/mol. The highest BCUT2D eigenvalue weighted by Crippen LogP contribution is 2.34. The number of carbonyl (C=O) groups excluding carboxylic acids is 11. The van der Waals surface area contributed by atoms with Gasteiger partial charge in [-0.1, -0.05) is 116 Å². The molecule has 1 fully saturated rings. The molecular formula is C65H118N12O13. The van der Waals surface area contributed by atoms with Crippen molar-refractivity contribution >= 4 is 65.0 Å². The number of hydrogen-bond donors (Lipinski definition) is 6. The fourth-order valence-electron chi connectivity index (χ4n) is 11.2. The summed E-state index contributed by atoms with van der Waals surface area (Å²) in [4.78, 5) is 171. The molecule has 0 aromatic carbocycles. The molecule has 90 heavy (non-hydrogen) atoms. The van der Waals surface area contributed by atoms with Gasteiger partial charge in [0.2, 0.25) is 64.8 Å². The minimum atomic E-state index is -2.34. The number of allylic oxidation sites excluding steroid dienone is 2. The second-order valence-electron chi connectivity index (χ2n) is 27.2. The Morgan fingerprint density at radius 2 is 1.00 bits per heavy atom. The number of nitrogens with one attached hydrogen (secondary N) is 4. The summed E-state index contributed by atoms with van der Waals surface area (Å²) in [5.74, 6) is -11.0. The predicted molar refractivity (Wildman–Crippen MR) is 347 cm³/mol. The number of hydrogen-bond acceptors (Lipinski definition) is 14. The molecule has 25 heteroatoms. The third-order valence-corrected chi connectivity index (χ3v) is 17.1. The molecule has 25 nitrogen and oxygen atoms in total. The van der Waals surface area contributed by atoms with Gasteiger partial charge in [-0.25, -0.2) is 0 Å². The van der Waals surface area contributed by atoms with Crippen LogP contribution in [-0.4, -0.2) is 233 Å². The van der Waals surface area contributed by atoms with Gasteiger partial charge in [-0.2, -0.15) is 0 Å². The fourth-order valence-corrected chi connectivity index (χ4v) is 11.2. The standard InChI is InChI=1S/C65H118N12O13/c1-26-29-30-42(16)54(79)53-58(83)69-45(27-2)60(85)71(19)35-51(78)72(20)46(31-36(4)5)57(82)70-52(40(12)13)63(88)73(21)47(32-37(6)7)56(81)67-43(17)55(80)68-44(18)59(84)74(22)48(33-38(8)9)61(86)75(23)49(34-39(10)11)62(87)77(25)65(41(14)15,64(89)76(53)24)90-50(66)28-3/h26,29,36-50,52-54,79H,27-28,30-35,66H2,1-25H3,(H,67,81)(H,68,80)(H,69,83)(H,70,82)/b29-26+/t42-,43+,44-,45+,46+,47+,48+,49+,50?,52+,53+,54-,65+/m1/s1. The Balaban J connectivity index is 4.54. The average Bonchev–Trinajstić information content (AvgIpc) is 0.816. The van der Waals surface area contributed by atoms with Crippen molar-refractivity contribution in [2.45, 2.75) is 242 Å². The minimum absolute atomic E-state index is 0.0230. The van der Waals surface area contributed by atoms with Crippen molar-refractivity contribution in [3.63, 3.8) is 0 Å². The molecule has 13 atom stereocenters. The Labute approximate surface area is 538 Å². The van der Waals surface area contributed by atoms with Gasteiger partial charge in [0.15, 0.2) is 0 Å². The third-order valence-electron chi connectivity index (χ3n) is 17.1. The molecule has 7 N–H and O–H groups in total. The number of aliphatic hydroxyl groups excluding tert-OH is 1. The summed E-state index contributed by atoms with van der Waals surface area (Å²) in [6, 6.07) is -11.6. The molecule has 1 heterocycles. The lowest BCUT2D eigenvalue weighted by Gasteiger charge is -2.49. The van der Waals surface area contributed by atoms with E-state index in [1.54, 1.807) is 67.5 Å². The molecule has 1 unspecified atom stereocenters. The Hall–Kier alpha value is -6.21. The van der Waals surface area contributed by atoms with Gasteiger partial charge in [0.25, 0.3) is 5.91 Å². The molecule has 0 aromatic rings. The fraction of sp³-hybridized carbons (Fsp3) is 0.800. The van der Waals surface area contributed by atoms with Crippen LogP contribution in [0, 0.1) is 41.4 Å². The maximum Gasteiger partial charge on any atom is 0.277 e. The maximum absolute atomic E-state index is 15.9. The third kappa shape index (κ3) is 21.7. The first kappa shape index (κ1) is 81.8. The van der Waals surface area contributed by atoms with Crippen molar-refractivity contribution in [1.82, 2.24) is 55.6 Å². The highest BCUT2D eigenvalue weighted by Gasteiger charge is 2.56. The van der Waals surface area contributed by atoms with Crippen molar-refractivity contribution in [2.24, 2.45) is 47.2 Å². The van der Waals surface area contributed by atoms with E-state index in [2.05, 4.69) is 21.3 Å². The van der Waals surface area contributed by atoms with Crippen LogP contribution in [0.4, 0.5) is 0 Å². The van der Waals surface area contributed by atoms with Gasteiger partial charge < -0.3 is 71.1 Å². The van der Waals surface area contributed by atoms with Gasteiger partial charge in [-0.05, 0) is 101 Å². The van der Waals surface area contributed by atoms with E-state index in [-0.39, 0.29) is 68.6 Å². The molecule has 0 aliphatic carbocycles. The highest BCUT2D eigenvalue weighted by atomic mass is 16.5. The van der Waals surface area contributed by atoms with Gasteiger partial charge in [0.05, 0.1) is 12.6 Å². The summed E-state index contributed by atoms with van der Waals surface area (Å²) < 4.78 is 6.57. The number of amides is 11. The molecule has 0 saturated carbocycles. The molecule has 0 spiro atoms. The molecule has 1 aliphatic rings. The Morgan fingerprint density at radius 3 is 1.46 bits per heavy atom. The average molecular weight is 1280 g/mol. The summed E-state index contributed by atoms with van der Waals surface area (Å²) in [5.41, 5.74) is 4.24. The van der Waals surface area contributed by atoms with E-state index in [0.29, 0.717) is 0 Å². The summed E-state index contributed by atoms with van der Waals surface area (Å²) in [6.07, 6.45) is 1.57. The van der Waals surface area contributed by atoms with Crippen LogP contribution in [0.1, 0.15) is 170 Å². The van der Waals surface area contributed by atoms with Gasteiger partial charge in [0.1, 0.15) is 60.6 Å². The van der Waals surface area contributed by atoms with Gasteiger partial charge in [-0.15, -0.1) is 0 Å². The van der Waals surface area contributed by atoms with E-state index in [1.807, 2.05) is 55.4 Å². The summed E-state index contributed by atoms with van der Waals surface area (Å²) in [6.45, 7) is 30.6. The van der Waals surface area contributed by atoms with Crippen molar-refractivity contribution in [2.75, 3.05) is 55.9 Å². The van der Waals surface area contributed by atoms with Crippen molar-refractivity contribution < 1.29 is 62.6 Å². The van der Waals surface area contributed by atoms with Crippen molar-refractivity contribution in [3.05, 3.63) is 12.2 Å². The predicted octanol–water partition coefficient (Wildman–Crippen LogP) is 3.31. The number of carbonyl (C=O) groups is 11. The molecule has 0 bridgehead atoms. The van der Waals surface area contributed by atoms with Gasteiger partial charge >= 0.3 is 0 Å². The minimum Gasteiger partial charge on any atom is -0.390 e. The number of likely N-dealkylation sites (N-methyl/N-ethyl adjacent to an activating group) is 7. The topological polar surface area (TPSA) is 314 Å². The molecule has 11 amide bonds. The van der Waals surface area contributed by atoms with Crippen LogP contribution >= 0.6 is 0 Å². The van der Waals surface area contributed by atoms with Gasteiger partial charge in [-0.3, -0.25) is 52.7 Å². The summed E-state index contributed by atoms with van der Waals surface area (Å²) >= 11 is 0. The Morgan fingerprint density at radius 1 is 0.556 bits per heavy atom. The van der Waals surface area contributed by atoms with Crippen LogP contribution < -0.4 is 27.0 Å². The van der Waals surface area contributed by atoms with E-state index in [1.165, 1.54) is 82.8 Å². The normalized spacial score (nSPS) is 27.3. The number of aliphatic hydroxyl groups is 1. The van der Waals surface area contributed by atoms with Crippen molar-refractivity contribution in [3.8, 4) is 0 Å². The summed E-state index contributed by atoms with van der Waals surface area (Å²) in [5, 5.41) is 23.3. The van der Waals surface area contributed by atoms with Crippen LogP contribution in [0.15, 0.2) is 12.2 Å². The number of rotatable bonds is 18. The van der Waals surface area contributed by atoms with Crippen molar-refractivity contribution in [1.29, 1.82) is 0 Å². The largest absolute Gasteiger partial charge is 0.390 e. The Bertz CT molecular complexity index is 2470. The number of ether oxygens (including phenoxy) is 1. The zero-order valence-electron chi connectivity index (χ0n) is 59.3. The van der Waals surface area contributed by atoms with Crippen LogP contribution in [0.2, 0.25) is 0 Å². The van der Waals surface area contributed by atoms with E-state index < -0.39 is 162 Å². The van der Waals surface area contributed by atoms with Crippen LogP contribution in [0.3, 0.4) is 0 Å². The summed E-state index contributed by atoms with van der Waals surface area (Å²) in [7, 11) is 9.66. The quantitative estimate of drug-likeness (QED) is 0.0848. The molecule has 0 aromatic heterocycles. The molecular weight excluding hydrogens is 1160 g/mol. The Kier molecular flexibility index (Phi) is 33.4. The lowest BCUT2D eigenvalue weighted by atomic mass is 9.89. The lowest BCUT2D eigenvalue weighted by Crippen LogP contribution is -2.71. The van der Waals surface area contributed by atoms with E-state index in [9.17, 15) is 38.7 Å². The zero-order valence-corrected chi connectivity index (χ0v) is 59.3. The first-order valence-corrected chi connectivity index (χ1v) is 32.3. The van der Waals surface area contributed by atoms with E-state index in [4.69, 9.17) is 10.5 Å². The first-order valence-electron chi connectivity index (χ1n) is 32.3. The second kappa shape index (κ2) is 36.7. The maximum atomic E-state index is 15.9. The number of nitrogens with two attached hydrogens (primary N) is 1. The highest BCUT2D eigenvalue weighted by molar-refractivity contribution is 6.00. The number of nitrogens with zero attached hydrogens (tertiary/aromatic N) is 7. The van der Waals surface area contributed by atoms with Crippen LogP contribution in [0.5, 0.6) is 0 Å². The molecule has 1 aliphatic heterocycles.